The number of carbonyl (C=O) groups is 2. The minimum atomic E-state index is -0.262. The van der Waals surface area contributed by atoms with E-state index in [1.54, 1.807) is 13.8 Å². The molecule has 104 valence electrons. The SMILES string of the molecule is CCCCCC(N=C(P)CNC(=O)CC)C(C)=O. The van der Waals surface area contributed by atoms with Gasteiger partial charge in [-0.15, -0.1) is 0 Å². The summed E-state index contributed by atoms with van der Waals surface area (Å²) in [6, 6.07) is -0.262. The highest BCUT2D eigenvalue weighted by atomic mass is 31.0. The van der Waals surface area contributed by atoms with E-state index in [2.05, 4.69) is 26.5 Å². The maximum atomic E-state index is 11.5. The lowest BCUT2D eigenvalue weighted by Crippen LogP contribution is -2.28. The number of hydrogen-bond acceptors (Lipinski definition) is 3. The van der Waals surface area contributed by atoms with Gasteiger partial charge in [0.25, 0.3) is 0 Å². The molecule has 0 fully saturated rings. The average Bonchev–Trinajstić information content (AvgIpc) is 2.34. The van der Waals surface area contributed by atoms with Crippen molar-refractivity contribution < 1.29 is 9.59 Å². The van der Waals surface area contributed by atoms with Crippen LogP contribution in [0.25, 0.3) is 0 Å². The third-order valence-electron chi connectivity index (χ3n) is 2.66. The second kappa shape index (κ2) is 10.2. The Bertz CT molecular complexity index is 303. The van der Waals surface area contributed by atoms with Crippen LogP contribution < -0.4 is 5.32 Å². The molecule has 4 nitrogen and oxygen atoms in total. The molecular formula is C13H25N2O2P. The monoisotopic (exact) mass is 272 g/mol. The summed E-state index contributed by atoms with van der Waals surface area (Å²) in [5, 5.41) is 2.74. The molecule has 2 unspecified atom stereocenters. The lowest BCUT2D eigenvalue weighted by atomic mass is 10.1. The Kier molecular flexibility index (Phi) is 9.76. The van der Waals surface area contributed by atoms with Gasteiger partial charge in [0.15, 0.2) is 5.78 Å². The number of ketones is 1. The molecule has 0 aliphatic rings. The zero-order valence-electron chi connectivity index (χ0n) is 11.7. The number of amides is 1. The molecule has 0 radical (unpaired) electrons. The van der Waals surface area contributed by atoms with Gasteiger partial charge in [-0.2, -0.15) is 0 Å². The first-order valence-electron chi connectivity index (χ1n) is 6.60. The van der Waals surface area contributed by atoms with Crippen molar-refractivity contribution in [3.05, 3.63) is 0 Å². The van der Waals surface area contributed by atoms with Gasteiger partial charge >= 0.3 is 0 Å². The van der Waals surface area contributed by atoms with Crippen molar-refractivity contribution in [3.8, 4) is 0 Å². The van der Waals surface area contributed by atoms with E-state index in [-0.39, 0.29) is 17.7 Å². The third kappa shape index (κ3) is 8.35. The summed E-state index contributed by atoms with van der Waals surface area (Å²) >= 11 is 0. The molecular weight excluding hydrogens is 247 g/mol. The van der Waals surface area contributed by atoms with E-state index in [1.165, 1.54) is 0 Å². The van der Waals surface area contributed by atoms with Crippen LogP contribution in [0.5, 0.6) is 0 Å². The predicted molar refractivity (Wildman–Crippen MR) is 79.1 cm³/mol. The van der Waals surface area contributed by atoms with Crippen LogP contribution in [0.1, 0.15) is 52.9 Å². The van der Waals surface area contributed by atoms with E-state index in [1.807, 2.05) is 0 Å². The van der Waals surface area contributed by atoms with Gasteiger partial charge in [-0.3, -0.25) is 14.6 Å². The number of nitrogens with zero attached hydrogens (tertiary/aromatic N) is 1. The number of Topliss-reactive ketones (excluding diaryl/α,β-unsaturated/α-hetero) is 1. The number of unbranched alkanes of at least 4 members (excludes halogenated alkanes) is 2. The van der Waals surface area contributed by atoms with E-state index in [4.69, 9.17) is 0 Å². The second-order valence-electron chi connectivity index (χ2n) is 4.37. The lowest BCUT2D eigenvalue weighted by Gasteiger charge is -2.11. The van der Waals surface area contributed by atoms with Crippen LogP contribution in [0, 0.1) is 0 Å². The van der Waals surface area contributed by atoms with Crippen LogP contribution in [-0.4, -0.2) is 29.7 Å². The quantitative estimate of drug-likeness (QED) is 0.398. The van der Waals surface area contributed by atoms with Crippen molar-refractivity contribution in [2.24, 2.45) is 4.99 Å². The van der Waals surface area contributed by atoms with Gasteiger partial charge < -0.3 is 5.32 Å². The Hall–Kier alpha value is -0.760. The molecule has 2 atom stereocenters. The molecule has 0 bridgehead atoms. The van der Waals surface area contributed by atoms with E-state index in [0.29, 0.717) is 13.0 Å². The third-order valence-corrected chi connectivity index (χ3v) is 3.01. The number of rotatable bonds is 9. The normalized spacial score (nSPS) is 13.2. The Morgan fingerprint density at radius 3 is 2.44 bits per heavy atom. The Labute approximate surface area is 112 Å². The first-order chi connectivity index (χ1) is 8.51. The number of nitrogens with one attached hydrogen (secondary N) is 1. The predicted octanol–water partition coefficient (Wildman–Crippen LogP) is 2.32. The fourth-order valence-corrected chi connectivity index (χ4v) is 1.79. The van der Waals surface area contributed by atoms with E-state index >= 15 is 0 Å². The summed E-state index contributed by atoms with van der Waals surface area (Å²) in [6.07, 6.45) is 4.53. The Morgan fingerprint density at radius 1 is 1.28 bits per heavy atom. The molecule has 0 aromatic heterocycles. The molecule has 0 saturated carbocycles. The second-order valence-corrected chi connectivity index (χ2v) is 5.04. The summed E-state index contributed by atoms with van der Waals surface area (Å²) in [6.45, 7) is 5.91. The molecule has 0 aromatic rings. The van der Waals surface area contributed by atoms with Crippen LogP contribution in [0.3, 0.4) is 0 Å². The van der Waals surface area contributed by atoms with Gasteiger partial charge in [-0.1, -0.05) is 42.3 Å². The van der Waals surface area contributed by atoms with Crippen molar-refractivity contribution >= 4 is 26.4 Å². The van der Waals surface area contributed by atoms with Crippen molar-refractivity contribution in [1.29, 1.82) is 0 Å². The first kappa shape index (κ1) is 17.2. The van der Waals surface area contributed by atoms with Gasteiger partial charge in [0.1, 0.15) is 6.04 Å². The zero-order chi connectivity index (χ0) is 14.0. The lowest BCUT2D eigenvalue weighted by molar-refractivity contribution is -0.120. The average molecular weight is 272 g/mol. The van der Waals surface area contributed by atoms with Gasteiger partial charge in [-0.05, 0) is 13.3 Å². The summed E-state index contributed by atoms with van der Waals surface area (Å²) in [5.41, 5.74) is 0.730. The smallest absolute Gasteiger partial charge is 0.220 e. The fraction of sp³-hybridized carbons (Fsp3) is 0.769. The van der Waals surface area contributed by atoms with E-state index in [0.717, 1.165) is 31.1 Å². The fourth-order valence-electron chi connectivity index (χ4n) is 1.51. The molecule has 18 heavy (non-hydrogen) atoms. The van der Waals surface area contributed by atoms with Crippen LogP contribution in [0.2, 0.25) is 0 Å². The largest absolute Gasteiger partial charge is 0.350 e. The zero-order valence-corrected chi connectivity index (χ0v) is 12.8. The van der Waals surface area contributed by atoms with Crippen LogP contribution in [0.15, 0.2) is 4.99 Å². The first-order valence-corrected chi connectivity index (χ1v) is 7.18. The molecule has 0 aliphatic heterocycles. The van der Waals surface area contributed by atoms with E-state index < -0.39 is 0 Å². The molecule has 0 spiro atoms. The van der Waals surface area contributed by atoms with Gasteiger partial charge in [0.2, 0.25) is 5.91 Å². The summed E-state index contributed by atoms with van der Waals surface area (Å²) in [4.78, 5) is 26.9. The Balaban J connectivity index is 4.26. The molecule has 0 rings (SSSR count). The highest BCUT2D eigenvalue weighted by Gasteiger charge is 2.12. The van der Waals surface area contributed by atoms with Crippen molar-refractivity contribution in [2.45, 2.75) is 58.9 Å². The Morgan fingerprint density at radius 2 is 1.94 bits per heavy atom. The number of aliphatic imine (C=N–C) groups is 1. The van der Waals surface area contributed by atoms with E-state index in [9.17, 15) is 9.59 Å². The molecule has 0 saturated heterocycles. The molecule has 1 N–H and O–H groups in total. The molecule has 1 amide bonds. The highest BCUT2D eigenvalue weighted by molar-refractivity contribution is 7.40. The molecule has 0 aromatic carbocycles. The van der Waals surface area contributed by atoms with Crippen molar-refractivity contribution in [3.63, 3.8) is 0 Å². The summed E-state index contributed by atoms with van der Waals surface area (Å²) in [5.74, 6) is 0.0865. The van der Waals surface area contributed by atoms with Crippen molar-refractivity contribution in [1.82, 2.24) is 5.32 Å². The maximum Gasteiger partial charge on any atom is 0.220 e. The van der Waals surface area contributed by atoms with Crippen LogP contribution in [0.4, 0.5) is 0 Å². The molecule has 0 aliphatic carbocycles. The number of hydrogen-bond donors (Lipinski definition) is 1. The minimum absolute atomic E-state index is 0.00416. The standard InChI is InChI=1S/C13H25N2O2P/c1-4-6-7-8-11(10(3)16)15-13(18)9-14-12(17)5-2/h11H,4-9,18H2,1-3H3,(H,14,17). The highest BCUT2D eigenvalue weighted by Crippen LogP contribution is 2.09. The molecule has 5 heteroatoms. The number of carbonyl (C=O) groups excluding carboxylic acids is 2. The summed E-state index contributed by atoms with van der Waals surface area (Å²) in [7, 11) is 2.49. The van der Waals surface area contributed by atoms with Gasteiger partial charge in [0.05, 0.1) is 6.54 Å². The van der Waals surface area contributed by atoms with Gasteiger partial charge in [-0.25, -0.2) is 0 Å². The van der Waals surface area contributed by atoms with Crippen LogP contribution >= 0.6 is 9.24 Å². The van der Waals surface area contributed by atoms with Crippen LogP contribution in [-0.2, 0) is 9.59 Å². The van der Waals surface area contributed by atoms with Gasteiger partial charge in [0, 0.05) is 11.9 Å². The summed E-state index contributed by atoms with van der Waals surface area (Å²) < 4.78 is 0. The minimum Gasteiger partial charge on any atom is -0.350 e. The molecule has 0 heterocycles. The maximum absolute atomic E-state index is 11.5. The van der Waals surface area contributed by atoms with Crippen molar-refractivity contribution in [2.75, 3.05) is 6.54 Å². The topological polar surface area (TPSA) is 58.5 Å².